The van der Waals surface area contributed by atoms with Crippen LogP contribution < -0.4 is 0 Å². The molecule has 0 N–H and O–H groups in total. The average Bonchev–Trinajstić information content (AvgIpc) is 2.62. The van der Waals surface area contributed by atoms with Crippen LogP contribution in [0.4, 0.5) is 0 Å². The molecule has 0 fully saturated rings. The molecule has 1 aliphatic rings. The zero-order valence-corrected chi connectivity index (χ0v) is 8.08. The fourth-order valence-corrected chi connectivity index (χ4v) is 1.28. The number of carbonyl (C=O) groups is 1. The summed E-state index contributed by atoms with van der Waals surface area (Å²) >= 11 is 3.17. The lowest BCUT2D eigenvalue weighted by Gasteiger charge is -1.92. The van der Waals surface area contributed by atoms with E-state index in [2.05, 4.69) is 15.9 Å². The monoisotopic (exact) mass is 240 g/mol. The van der Waals surface area contributed by atoms with Crippen LogP contribution in [0.25, 0.3) is 6.08 Å². The topological polar surface area (TPSA) is 39.4 Å². The highest BCUT2D eigenvalue weighted by Crippen LogP contribution is 2.19. The number of ether oxygens (including phenoxy) is 1. The lowest BCUT2D eigenvalue weighted by molar-refractivity contribution is -0.132. The Morgan fingerprint density at radius 1 is 1.31 bits per heavy atom. The lowest BCUT2D eigenvalue weighted by atomic mass is 10.3. The van der Waals surface area contributed by atoms with E-state index < -0.39 is 0 Å². The van der Waals surface area contributed by atoms with Gasteiger partial charge in [-0.25, -0.2) is 4.79 Å². The van der Waals surface area contributed by atoms with Crippen molar-refractivity contribution in [3.05, 3.63) is 40.5 Å². The summed E-state index contributed by atoms with van der Waals surface area (Å²) in [5.41, 5.74) is 0. The molecule has 0 aromatic carbocycles. The Bertz CT molecular complexity index is 401. The summed E-state index contributed by atoms with van der Waals surface area (Å²) in [6, 6.07) is 3.55. The van der Waals surface area contributed by atoms with E-state index in [1.165, 1.54) is 6.08 Å². The van der Waals surface area contributed by atoms with Gasteiger partial charge in [-0.05, 0) is 34.1 Å². The zero-order valence-electron chi connectivity index (χ0n) is 6.49. The van der Waals surface area contributed by atoms with E-state index in [-0.39, 0.29) is 5.97 Å². The van der Waals surface area contributed by atoms with Crippen LogP contribution in [0.15, 0.2) is 39.1 Å². The molecule has 1 aliphatic heterocycles. The molecule has 3 nitrogen and oxygen atoms in total. The summed E-state index contributed by atoms with van der Waals surface area (Å²) < 4.78 is 10.7. The van der Waals surface area contributed by atoms with Crippen LogP contribution in [0, 0.1) is 0 Å². The first-order chi connectivity index (χ1) is 6.24. The molecule has 0 amide bonds. The fraction of sp³-hybridized carbons (Fsp3) is 0. The molecule has 0 saturated carbocycles. The van der Waals surface area contributed by atoms with Gasteiger partial charge in [0.15, 0.2) is 4.67 Å². The maximum absolute atomic E-state index is 10.7. The normalized spacial score (nSPS) is 18.2. The summed E-state index contributed by atoms with van der Waals surface area (Å²) in [4.78, 5) is 10.7. The van der Waals surface area contributed by atoms with Gasteiger partial charge in [0, 0.05) is 12.2 Å². The number of carbonyl (C=O) groups excluding carboxylic acids is 1. The Labute approximate surface area is 82.8 Å². The van der Waals surface area contributed by atoms with Crippen molar-refractivity contribution in [1.82, 2.24) is 0 Å². The molecule has 0 radical (unpaired) electrons. The second-order valence-corrected chi connectivity index (χ2v) is 3.22. The molecule has 0 aliphatic carbocycles. The molecule has 1 aromatic rings. The molecule has 2 heterocycles. The number of hydrogen-bond donors (Lipinski definition) is 0. The van der Waals surface area contributed by atoms with Gasteiger partial charge in [0.1, 0.15) is 11.5 Å². The van der Waals surface area contributed by atoms with Gasteiger partial charge >= 0.3 is 5.97 Å². The summed E-state index contributed by atoms with van der Waals surface area (Å²) in [5.74, 6) is 0.782. The molecular formula is C9H5BrO3. The molecule has 66 valence electrons. The first-order valence-corrected chi connectivity index (χ1v) is 4.40. The van der Waals surface area contributed by atoms with Crippen LogP contribution in [0.5, 0.6) is 0 Å². The van der Waals surface area contributed by atoms with Gasteiger partial charge in [-0.1, -0.05) is 0 Å². The number of rotatable bonds is 1. The van der Waals surface area contributed by atoms with Crippen molar-refractivity contribution in [3.8, 4) is 0 Å². The Morgan fingerprint density at radius 3 is 2.69 bits per heavy atom. The van der Waals surface area contributed by atoms with Gasteiger partial charge in [-0.2, -0.15) is 0 Å². The van der Waals surface area contributed by atoms with Gasteiger partial charge < -0.3 is 9.15 Å². The van der Waals surface area contributed by atoms with Gasteiger partial charge in [0.25, 0.3) is 0 Å². The molecule has 4 heteroatoms. The Hall–Kier alpha value is -1.29. The molecule has 1 aromatic heterocycles. The second kappa shape index (κ2) is 3.22. The highest BCUT2D eigenvalue weighted by atomic mass is 79.9. The predicted molar refractivity (Wildman–Crippen MR) is 49.6 cm³/mol. The van der Waals surface area contributed by atoms with Gasteiger partial charge in [0.2, 0.25) is 0 Å². The third-order valence-electron chi connectivity index (χ3n) is 1.48. The quantitative estimate of drug-likeness (QED) is 0.709. The smallest absolute Gasteiger partial charge is 0.336 e. The average molecular weight is 241 g/mol. The van der Waals surface area contributed by atoms with Crippen LogP contribution in [0.3, 0.4) is 0 Å². The Morgan fingerprint density at radius 2 is 2.15 bits per heavy atom. The van der Waals surface area contributed by atoms with Crippen LogP contribution in [-0.4, -0.2) is 5.97 Å². The molecule has 0 atom stereocenters. The minimum Gasteiger partial charge on any atom is -0.450 e. The van der Waals surface area contributed by atoms with Crippen LogP contribution in [-0.2, 0) is 9.53 Å². The first kappa shape index (κ1) is 8.31. The van der Waals surface area contributed by atoms with Gasteiger partial charge in [0.05, 0.1) is 0 Å². The van der Waals surface area contributed by atoms with E-state index in [9.17, 15) is 4.79 Å². The number of esters is 1. The maximum atomic E-state index is 10.7. The standard InChI is InChI=1S/C9H5BrO3/c10-8-3-1-6(12-8)5-7-2-4-9(11)13-7/h1-5H/b7-5+. The molecule has 0 saturated heterocycles. The molecule has 13 heavy (non-hydrogen) atoms. The molecule has 2 rings (SSSR count). The predicted octanol–water partition coefficient (Wildman–Crippen LogP) is 2.50. The maximum Gasteiger partial charge on any atom is 0.336 e. The minimum absolute atomic E-state index is 0.350. The fourth-order valence-electron chi connectivity index (χ4n) is 0.958. The number of furan rings is 1. The van der Waals surface area contributed by atoms with Crippen molar-refractivity contribution in [3.63, 3.8) is 0 Å². The van der Waals surface area contributed by atoms with E-state index in [0.29, 0.717) is 16.2 Å². The SMILES string of the molecule is O=C1C=C/C(=C\c2ccc(Br)o2)O1. The molecular weight excluding hydrogens is 236 g/mol. The highest BCUT2D eigenvalue weighted by Gasteiger charge is 2.09. The summed E-state index contributed by atoms with van der Waals surface area (Å²) in [5, 5.41) is 0. The molecule has 0 spiro atoms. The highest BCUT2D eigenvalue weighted by molar-refractivity contribution is 9.10. The lowest BCUT2D eigenvalue weighted by Crippen LogP contribution is -1.89. The number of halogens is 1. The number of hydrogen-bond acceptors (Lipinski definition) is 3. The third-order valence-corrected chi connectivity index (χ3v) is 1.91. The van der Waals surface area contributed by atoms with E-state index in [1.807, 2.05) is 0 Å². The van der Waals surface area contributed by atoms with E-state index in [4.69, 9.17) is 9.15 Å². The Kier molecular flexibility index (Phi) is 2.06. The first-order valence-electron chi connectivity index (χ1n) is 3.61. The van der Waals surface area contributed by atoms with E-state index in [1.54, 1.807) is 24.3 Å². The van der Waals surface area contributed by atoms with E-state index >= 15 is 0 Å². The minimum atomic E-state index is -0.350. The Balaban J connectivity index is 2.22. The largest absolute Gasteiger partial charge is 0.450 e. The number of allylic oxidation sites excluding steroid dienone is 1. The molecule has 0 bridgehead atoms. The van der Waals surface area contributed by atoms with Crippen molar-refractivity contribution >= 4 is 28.0 Å². The summed E-state index contributed by atoms with van der Waals surface area (Å²) in [7, 11) is 0. The van der Waals surface area contributed by atoms with Crippen molar-refractivity contribution < 1.29 is 13.9 Å². The number of cyclic esters (lactones) is 1. The zero-order chi connectivity index (χ0) is 9.26. The van der Waals surface area contributed by atoms with Crippen LogP contribution in [0.1, 0.15) is 5.76 Å². The van der Waals surface area contributed by atoms with Crippen molar-refractivity contribution in [2.75, 3.05) is 0 Å². The van der Waals surface area contributed by atoms with Crippen molar-refractivity contribution in [2.45, 2.75) is 0 Å². The van der Waals surface area contributed by atoms with Gasteiger partial charge in [-0.15, -0.1) is 0 Å². The van der Waals surface area contributed by atoms with Gasteiger partial charge in [-0.3, -0.25) is 0 Å². The van der Waals surface area contributed by atoms with Crippen LogP contribution in [0.2, 0.25) is 0 Å². The second-order valence-electron chi connectivity index (χ2n) is 2.44. The third kappa shape index (κ3) is 1.89. The van der Waals surface area contributed by atoms with Crippen molar-refractivity contribution in [1.29, 1.82) is 0 Å². The van der Waals surface area contributed by atoms with Crippen molar-refractivity contribution in [2.24, 2.45) is 0 Å². The van der Waals surface area contributed by atoms with E-state index in [0.717, 1.165) is 0 Å². The summed E-state index contributed by atoms with van der Waals surface area (Å²) in [6.07, 6.45) is 4.61. The van der Waals surface area contributed by atoms with Crippen LogP contribution >= 0.6 is 15.9 Å². The molecule has 0 unspecified atom stereocenters. The summed E-state index contributed by atoms with van der Waals surface area (Å²) in [6.45, 7) is 0.